The molecule has 150 valence electrons. The van der Waals surface area contributed by atoms with Gasteiger partial charge in [0.15, 0.2) is 0 Å². The molecule has 0 saturated heterocycles. The van der Waals surface area contributed by atoms with E-state index in [1.807, 2.05) is 6.92 Å². The fourth-order valence-corrected chi connectivity index (χ4v) is 4.34. The monoisotopic (exact) mass is 392 g/mol. The summed E-state index contributed by atoms with van der Waals surface area (Å²) < 4.78 is 0. The first kappa shape index (κ1) is 20.1. The zero-order valence-electron chi connectivity index (χ0n) is 18.1. The minimum atomic E-state index is -0.562. The maximum absolute atomic E-state index is 10.7. The van der Waals surface area contributed by atoms with Crippen LogP contribution in [0, 0.1) is 20.8 Å². The summed E-state index contributed by atoms with van der Waals surface area (Å²) in [6.07, 6.45) is -0.562. The molecule has 0 unspecified atom stereocenters. The normalized spacial score (nSPS) is 12.0. The van der Waals surface area contributed by atoms with Crippen molar-refractivity contribution in [1.29, 1.82) is 0 Å². The van der Waals surface area contributed by atoms with Crippen LogP contribution in [0.1, 0.15) is 35.3 Å². The lowest BCUT2D eigenvalue weighted by Crippen LogP contribution is -2.02. The molecule has 1 N–H and O–H groups in total. The molecule has 0 saturated carbocycles. The van der Waals surface area contributed by atoms with Gasteiger partial charge in [0.25, 0.3) is 0 Å². The van der Waals surface area contributed by atoms with Crippen molar-refractivity contribution in [2.45, 2.75) is 33.8 Å². The maximum atomic E-state index is 10.7. The Morgan fingerprint density at radius 3 is 1.40 bits per heavy atom. The van der Waals surface area contributed by atoms with E-state index in [1.165, 1.54) is 44.5 Å². The molecular formula is C29H28O. The maximum Gasteiger partial charge on any atom is 0.0768 e. The molecule has 0 radical (unpaired) electrons. The van der Waals surface area contributed by atoms with Gasteiger partial charge in [-0.05, 0) is 83.3 Å². The Morgan fingerprint density at radius 2 is 0.933 bits per heavy atom. The molecule has 1 nitrogen and oxygen atoms in total. The van der Waals surface area contributed by atoms with Crippen molar-refractivity contribution in [2.24, 2.45) is 0 Å². The van der Waals surface area contributed by atoms with E-state index in [0.29, 0.717) is 0 Å². The largest absolute Gasteiger partial charge is 0.389 e. The van der Waals surface area contributed by atoms with Gasteiger partial charge in [-0.25, -0.2) is 0 Å². The van der Waals surface area contributed by atoms with Gasteiger partial charge in [-0.3, -0.25) is 0 Å². The first-order valence-corrected chi connectivity index (χ1v) is 10.5. The van der Waals surface area contributed by atoms with Gasteiger partial charge in [-0.15, -0.1) is 0 Å². The molecule has 1 atom stereocenters. The lowest BCUT2D eigenvalue weighted by Gasteiger charge is -2.24. The summed E-state index contributed by atoms with van der Waals surface area (Å²) in [6, 6.07) is 29.8. The van der Waals surface area contributed by atoms with E-state index in [2.05, 4.69) is 106 Å². The molecule has 0 aliphatic carbocycles. The average molecular weight is 393 g/mol. The predicted octanol–water partition coefficient (Wildman–Crippen LogP) is 7.67. The van der Waals surface area contributed by atoms with E-state index in [9.17, 15) is 5.11 Å². The first-order chi connectivity index (χ1) is 14.5. The van der Waals surface area contributed by atoms with Gasteiger partial charge in [0.05, 0.1) is 6.10 Å². The summed E-state index contributed by atoms with van der Waals surface area (Å²) in [5, 5.41) is 10.7. The summed E-state index contributed by atoms with van der Waals surface area (Å²) in [5.74, 6) is 0. The Balaban J connectivity index is 2.20. The van der Waals surface area contributed by atoms with Gasteiger partial charge in [0.2, 0.25) is 0 Å². The van der Waals surface area contributed by atoms with Crippen LogP contribution in [0.4, 0.5) is 0 Å². The van der Waals surface area contributed by atoms with Crippen molar-refractivity contribution < 1.29 is 5.11 Å². The lowest BCUT2D eigenvalue weighted by molar-refractivity contribution is 0.200. The number of hydrogen-bond acceptors (Lipinski definition) is 1. The van der Waals surface area contributed by atoms with Crippen molar-refractivity contribution in [1.82, 2.24) is 0 Å². The topological polar surface area (TPSA) is 20.2 Å². The molecule has 30 heavy (non-hydrogen) atoms. The van der Waals surface area contributed by atoms with Gasteiger partial charge < -0.3 is 5.11 Å². The summed E-state index contributed by atoms with van der Waals surface area (Å²) in [5.41, 5.74) is 11.7. The Labute approximate surface area is 179 Å². The quantitative estimate of drug-likeness (QED) is 0.378. The Kier molecular flexibility index (Phi) is 5.57. The predicted molar refractivity (Wildman–Crippen MR) is 128 cm³/mol. The molecule has 0 aromatic heterocycles. The molecule has 0 aliphatic rings. The van der Waals surface area contributed by atoms with Crippen LogP contribution in [0.25, 0.3) is 33.4 Å². The van der Waals surface area contributed by atoms with Gasteiger partial charge in [-0.1, -0.05) is 84.9 Å². The third kappa shape index (κ3) is 3.58. The highest BCUT2D eigenvalue weighted by molar-refractivity contribution is 5.98. The number of aryl methyl sites for hydroxylation is 3. The number of aliphatic hydroxyl groups is 1. The van der Waals surface area contributed by atoms with Gasteiger partial charge >= 0.3 is 0 Å². The van der Waals surface area contributed by atoms with Crippen LogP contribution in [0.15, 0.2) is 84.9 Å². The molecule has 4 rings (SSSR count). The minimum absolute atomic E-state index is 0.562. The second-order valence-electron chi connectivity index (χ2n) is 8.07. The summed E-state index contributed by atoms with van der Waals surface area (Å²) >= 11 is 0. The van der Waals surface area contributed by atoms with Crippen LogP contribution in [0.5, 0.6) is 0 Å². The molecule has 0 spiro atoms. The van der Waals surface area contributed by atoms with Crippen LogP contribution in [-0.2, 0) is 0 Å². The highest BCUT2D eigenvalue weighted by atomic mass is 16.3. The van der Waals surface area contributed by atoms with E-state index in [1.54, 1.807) is 0 Å². The number of aliphatic hydroxyl groups excluding tert-OH is 1. The summed E-state index contributed by atoms with van der Waals surface area (Å²) in [6.45, 7) is 8.32. The second kappa shape index (κ2) is 8.30. The number of benzene rings is 4. The van der Waals surface area contributed by atoms with Gasteiger partial charge in [0.1, 0.15) is 0 Å². The molecule has 4 aromatic rings. The fourth-order valence-electron chi connectivity index (χ4n) is 4.34. The Hall–Kier alpha value is -3.16. The van der Waals surface area contributed by atoms with Gasteiger partial charge in [-0.2, -0.15) is 0 Å². The second-order valence-corrected chi connectivity index (χ2v) is 8.07. The molecule has 0 aliphatic heterocycles. The van der Waals surface area contributed by atoms with E-state index in [0.717, 1.165) is 11.1 Å². The molecule has 0 amide bonds. The highest BCUT2D eigenvalue weighted by Crippen LogP contribution is 2.46. The molecule has 0 heterocycles. The minimum Gasteiger partial charge on any atom is -0.389 e. The molecule has 0 bridgehead atoms. The van der Waals surface area contributed by atoms with Crippen LogP contribution in [-0.4, -0.2) is 5.11 Å². The average Bonchev–Trinajstić information content (AvgIpc) is 2.74. The highest BCUT2D eigenvalue weighted by Gasteiger charge is 2.22. The van der Waals surface area contributed by atoms with Crippen LogP contribution >= 0.6 is 0 Å². The van der Waals surface area contributed by atoms with E-state index in [-0.39, 0.29) is 0 Å². The van der Waals surface area contributed by atoms with Crippen LogP contribution < -0.4 is 0 Å². The van der Waals surface area contributed by atoms with Crippen molar-refractivity contribution in [3.05, 3.63) is 107 Å². The third-order valence-electron chi connectivity index (χ3n) is 5.95. The first-order valence-electron chi connectivity index (χ1n) is 10.5. The lowest BCUT2D eigenvalue weighted by atomic mass is 9.81. The Bertz CT molecular complexity index is 1200. The Morgan fingerprint density at radius 1 is 0.500 bits per heavy atom. The van der Waals surface area contributed by atoms with E-state index < -0.39 is 6.10 Å². The molecular weight excluding hydrogens is 364 g/mol. The molecule has 1 heteroatoms. The number of rotatable bonds is 4. The van der Waals surface area contributed by atoms with Crippen LogP contribution in [0.2, 0.25) is 0 Å². The zero-order chi connectivity index (χ0) is 21.3. The summed E-state index contributed by atoms with van der Waals surface area (Å²) in [7, 11) is 0. The molecule has 0 fully saturated rings. The van der Waals surface area contributed by atoms with Crippen molar-refractivity contribution >= 4 is 0 Å². The van der Waals surface area contributed by atoms with Gasteiger partial charge in [0, 0.05) is 0 Å². The van der Waals surface area contributed by atoms with Crippen molar-refractivity contribution in [3.63, 3.8) is 0 Å². The third-order valence-corrected chi connectivity index (χ3v) is 5.95. The number of hydrogen-bond donors (Lipinski definition) is 1. The van der Waals surface area contributed by atoms with E-state index in [4.69, 9.17) is 0 Å². The smallest absolute Gasteiger partial charge is 0.0768 e. The van der Waals surface area contributed by atoms with Crippen LogP contribution in [0.3, 0.4) is 0 Å². The molecule has 4 aromatic carbocycles. The zero-order valence-corrected chi connectivity index (χ0v) is 18.1. The van der Waals surface area contributed by atoms with E-state index >= 15 is 0 Å². The fraction of sp³-hybridized carbons (Fsp3) is 0.172. The standard InChI is InChI=1S/C29H28O/c1-19-11-5-8-14-23(19)27-18-17-26(22(4)30)28(24-15-9-6-12-20(24)2)29(27)25-16-10-7-13-21(25)3/h5-18,22,30H,1-4H3/t22-/m0/s1. The SMILES string of the molecule is Cc1ccccc1-c1ccc([C@H](C)O)c(-c2ccccc2C)c1-c1ccccc1C. The van der Waals surface area contributed by atoms with Crippen molar-refractivity contribution in [3.8, 4) is 33.4 Å². The van der Waals surface area contributed by atoms with Crippen molar-refractivity contribution in [2.75, 3.05) is 0 Å². The summed E-state index contributed by atoms with van der Waals surface area (Å²) in [4.78, 5) is 0.